The summed E-state index contributed by atoms with van der Waals surface area (Å²) in [7, 11) is -1.73. The molecule has 0 radical (unpaired) electrons. The van der Waals surface area contributed by atoms with E-state index >= 15 is 0 Å². The molecule has 0 aliphatic carbocycles. The third kappa shape index (κ3) is 7.50. The molecule has 1 unspecified atom stereocenters. The highest BCUT2D eigenvalue weighted by Gasteiger charge is 2.44. The fourth-order valence-corrected chi connectivity index (χ4v) is 9.16. The zero-order valence-corrected chi connectivity index (χ0v) is 22.3. The minimum Gasteiger partial charge on any atom is -0.353 e. The number of unbranched alkanes of at least 4 members (excludes halogenated alkanes) is 1. The number of hydrogen-bond acceptors (Lipinski definition) is 2. The maximum atomic E-state index is 5.82. The Kier molecular flexibility index (Phi) is 11.0. The van der Waals surface area contributed by atoms with Crippen molar-refractivity contribution in [2.75, 3.05) is 19.4 Å². The second-order valence-corrected chi connectivity index (χ2v) is 12.9. The van der Waals surface area contributed by atoms with Gasteiger partial charge in [-0.1, -0.05) is 78.9 Å². The van der Waals surface area contributed by atoms with Crippen LogP contribution in [-0.2, 0) is 9.47 Å². The molecule has 1 atom stereocenters. The Balaban J connectivity index is 1.33. The molecule has 0 amide bonds. The summed E-state index contributed by atoms with van der Waals surface area (Å²) in [5, 5.41) is 4.37. The smallest absolute Gasteiger partial charge is 0.157 e. The van der Waals surface area contributed by atoms with Crippen LogP contribution in [0.5, 0.6) is 0 Å². The molecular formula is C33H40O2P+. The van der Waals surface area contributed by atoms with Gasteiger partial charge in [-0.2, -0.15) is 0 Å². The first-order valence-corrected chi connectivity index (χ1v) is 15.4. The Bertz CT molecular complexity index is 944. The van der Waals surface area contributed by atoms with Crippen LogP contribution in [0.25, 0.3) is 0 Å². The molecule has 1 aliphatic heterocycles. The van der Waals surface area contributed by atoms with E-state index in [0.717, 1.165) is 51.5 Å². The van der Waals surface area contributed by atoms with Crippen LogP contribution < -0.4 is 15.9 Å². The Hall–Kier alpha value is -2.51. The molecule has 2 nitrogen and oxygen atoms in total. The molecule has 1 fully saturated rings. The molecule has 0 bridgehead atoms. The lowest BCUT2D eigenvalue weighted by Gasteiger charge is -2.27. The Morgan fingerprint density at radius 2 is 1.25 bits per heavy atom. The lowest BCUT2D eigenvalue weighted by Crippen LogP contribution is -2.33. The van der Waals surface area contributed by atoms with Gasteiger partial charge < -0.3 is 9.47 Å². The normalized spacial score (nSPS) is 16.6. The van der Waals surface area contributed by atoms with Gasteiger partial charge in [-0.25, -0.2) is 0 Å². The van der Waals surface area contributed by atoms with Crippen LogP contribution in [0.4, 0.5) is 0 Å². The third-order valence-electron chi connectivity index (χ3n) is 6.78. The van der Waals surface area contributed by atoms with Crippen LogP contribution in [0.2, 0.25) is 0 Å². The first-order valence-electron chi connectivity index (χ1n) is 13.5. The van der Waals surface area contributed by atoms with Gasteiger partial charge in [-0.15, -0.1) is 0 Å². The van der Waals surface area contributed by atoms with Crippen molar-refractivity contribution in [3.05, 3.63) is 115 Å². The van der Waals surface area contributed by atoms with E-state index in [1.807, 2.05) is 0 Å². The predicted octanol–water partition coefficient (Wildman–Crippen LogP) is 7.20. The van der Waals surface area contributed by atoms with E-state index in [-0.39, 0.29) is 6.29 Å². The lowest BCUT2D eigenvalue weighted by atomic mass is 10.2. The van der Waals surface area contributed by atoms with Gasteiger partial charge in [0.15, 0.2) is 6.29 Å². The molecule has 0 saturated carbocycles. The van der Waals surface area contributed by atoms with Gasteiger partial charge in [0.2, 0.25) is 0 Å². The standard InChI is InChI=1S/C33H40O2P/c1(3-5-17-27-34-33-26-16-18-28-35-33)2-4-6-19-29-36(30-20-10-7-11-21-30,31-22-12-8-13-23-31)32-24-14-9-15-25-32/h1,3-4,6-15,20-25,33H,2,5,16-19,26-29H2/q+1/b3-1-,6-4-. The van der Waals surface area contributed by atoms with E-state index < -0.39 is 7.26 Å². The van der Waals surface area contributed by atoms with E-state index in [2.05, 4.69) is 115 Å². The number of ether oxygens (including phenoxy) is 2. The Morgan fingerprint density at radius 3 is 1.78 bits per heavy atom. The van der Waals surface area contributed by atoms with Crippen LogP contribution in [0.15, 0.2) is 115 Å². The third-order valence-corrected chi connectivity index (χ3v) is 11.3. The fraction of sp³-hybridized carbons (Fsp3) is 0.333. The SMILES string of the molecule is C(=C/CCCOC1CCCCO1)/C/C=C\CC[P+](c1ccccc1)(c1ccccc1)c1ccccc1. The number of allylic oxidation sites excluding steroid dienone is 4. The van der Waals surface area contributed by atoms with E-state index in [4.69, 9.17) is 9.47 Å². The average Bonchev–Trinajstić information content (AvgIpc) is 2.96. The highest BCUT2D eigenvalue weighted by molar-refractivity contribution is 7.95. The van der Waals surface area contributed by atoms with Gasteiger partial charge in [-0.3, -0.25) is 0 Å². The van der Waals surface area contributed by atoms with Crippen LogP contribution in [0, 0.1) is 0 Å². The molecule has 4 rings (SSSR count). The summed E-state index contributed by atoms with van der Waals surface area (Å²) in [5.74, 6) is 0. The number of rotatable bonds is 13. The number of benzene rings is 3. The molecule has 0 spiro atoms. The summed E-state index contributed by atoms with van der Waals surface area (Å²) >= 11 is 0. The second kappa shape index (κ2) is 14.9. The molecule has 36 heavy (non-hydrogen) atoms. The van der Waals surface area contributed by atoms with Gasteiger partial charge in [0.25, 0.3) is 0 Å². The molecule has 1 heterocycles. The maximum Gasteiger partial charge on any atom is 0.157 e. The van der Waals surface area contributed by atoms with Crippen molar-refractivity contribution in [3.63, 3.8) is 0 Å². The first kappa shape index (κ1) is 26.6. The largest absolute Gasteiger partial charge is 0.353 e. The quantitative estimate of drug-likeness (QED) is 0.141. The van der Waals surface area contributed by atoms with Crippen molar-refractivity contribution < 1.29 is 9.47 Å². The summed E-state index contributed by atoms with van der Waals surface area (Å²) in [4.78, 5) is 0. The minimum atomic E-state index is -1.73. The highest BCUT2D eigenvalue weighted by atomic mass is 31.2. The topological polar surface area (TPSA) is 18.5 Å². The van der Waals surface area contributed by atoms with Crippen LogP contribution in [-0.4, -0.2) is 25.7 Å². The van der Waals surface area contributed by atoms with Crippen molar-refractivity contribution in [1.29, 1.82) is 0 Å². The molecule has 188 valence electrons. The highest BCUT2D eigenvalue weighted by Crippen LogP contribution is 2.55. The van der Waals surface area contributed by atoms with E-state index in [9.17, 15) is 0 Å². The number of hydrogen-bond donors (Lipinski definition) is 0. The maximum absolute atomic E-state index is 5.82. The van der Waals surface area contributed by atoms with Crippen LogP contribution >= 0.6 is 7.26 Å². The minimum absolute atomic E-state index is 0.0308. The van der Waals surface area contributed by atoms with Crippen molar-refractivity contribution in [3.8, 4) is 0 Å². The Labute approximate surface area is 218 Å². The summed E-state index contributed by atoms with van der Waals surface area (Å²) in [6, 6.07) is 33.4. The zero-order chi connectivity index (χ0) is 24.7. The summed E-state index contributed by atoms with van der Waals surface area (Å²) < 4.78 is 11.4. The molecule has 0 N–H and O–H groups in total. The monoisotopic (exact) mass is 499 g/mol. The molecule has 3 aromatic carbocycles. The zero-order valence-electron chi connectivity index (χ0n) is 21.4. The average molecular weight is 500 g/mol. The van der Waals surface area contributed by atoms with Crippen molar-refractivity contribution in [2.45, 2.75) is 51.2 Å². The molecule has 0 aromatic heterocycles. The molecular weight excluding hydrogens is 459 g/mol. The van der Waals surface area contributed by atoms with Gasteiger partial charge >= 0.3 is 0 Å². The predicted molar refractivity (Wildman–Crippen MR) is 156 cm³/mol. The van der Waals surface area contributed by atoms with Gasteiger partial charge in [-0.05, 0) is 74.9 Å². The summed E-state index contributed by atoms with van der Waals surface area (Å²) in [6.45, 7) is 1.64. The molecule has 3 aromatic rings. The van der Waals surface area contributed by atoms with Gasteiger partial charge in [0, 0.05) is 13.0 Å². The fourth-order valence-electron chi connectivity index (χ4n) is 4.92. The Morgan fingerprint density at radius 1 is 0.694 bits per heavy atom. The summed E-state index contributed by atoms with van der Waals surface area (Å²) in [5.41, 5.74) is 0. The summed E-state index contributed by atoms with van der Waals surface area (Å²) in [6.07, 6.45) is 18.0. The van der Waals surface area contributed by atoms with Crippen LogP contribution in [0.3, 0.4) is 0 Å². The van der Waals surface area contributed by atoms with Crippen molar-refractivity contribution in [1.82, 2.24) is 0 Å². The van der Waals surface area contributed by atoms with Crippen molar-refractivity contribution in [2.24, 2.45) is 0 Å². The van der Waals surface area contributed by atoms with Crippen molar-refractivity contribution >= 4 is 23.2 Å². The lowest BCUT2D eigenvalue weighted by molar-refractivity contribution is -0.162. The first-order chi connectivity index (χ1) is 17.9. The second-order valence-electron chi connectivity index (χ2n) is 9.32. The van der Waals surface area contributed by atoms with Crippen LogP contribution in [0.1, 0.15) is 44.9 Å². The molecule has 1 aliphatic rings. The van der Waals surface area contributed by atoms with Gasteiger partial charge in [0.05, 0.1) is 12.8 Å². The van der Waals surface area contributed by atoms with E-state index in [1.165, 1.54) is 28.8 Å². The van der Waals surface area contributed by atoms with Gasteiger partial charge in [0.1, 0.15) is 23.2 Å². The van der Waals surface area contributed by atoms with E-state index in [0.29, 0.717) is 0 Å². The van der Waals surface area contributed by atoms with E-state index in [1.54, 1.807) is 0 Å². The molecule has 3 heteroatoms. The molecule has 1 saturated heterocycles.